The van der Waals surface area contributed by atoms with E-state index in [1.807, 2.05) is 0 Å². The molecule has 0 aromatic carbocycles. The zero-order valence-electron chi connectivity index (χ0n) is 5.02. The van der Waals surface area contributed by atoms with E-state index in [0.717, 1.165) is 5.69 Å². The highest BCUT2D eigenvalue weighted by Gasteiger charge is 1.98. The minimum atomic E-state index is 0.483. The number of hydrogen-bond acceptors (Lipinski definition) is 2. The number of H-pyrrole nitrogens is 1. The number of nitrogens with zero attached hydrogens (tertiary/aromatic N) is 1. The first kappa shape index (κ1) is 6.58. The molecule has 1 aromatic heterocycles. The quantitative estimate of drug-likeness (QED) is 0.681. The molecule has 0 atom stereocenters. The largest absolute Gasteiger partial charge is 0.378 e. The van der Waals surface area contributed by atoms with Crippen LogP contribution in [0.2, 0.25) is 5.15 Å². The molecule has 0 fully saturated rings. The van der Waals surface area contributed by atoms with Crippen molar-refractivity contribution >= 4 is 11.6 Å². The molecule has 0 bridgehead atoms. The molecular weight excluding hydrogens is 140 g/mol. The van der Waals surface area contributed by atoms with E-state index < -0.39 is 0 Å². The second-order valence-corrected chi connectivity index (χ2v) is 1.96. The molecule has 0 unspecified atom stereocenters. The van der Waals surface area contributed by atoms with E-state index in [-0.39, 0.29) is 0 Å². The molecule has 0 radical (unpaired) electrons. The van der Waals surface area contributed by atoms with Gasteiger partial charge in [0.1, 0.15) is 0 Å². The number of halogens is 1. The SMILES string of the molecule is COCc1[nH]cnc1Cl. The molecule has 1 heterocycles. The van der Waals surface area contributed by atoms with E-state index >= 15 is 0 Å². The second-order valence-electron chi connectivity index (χ2n) is 1.60. The third-order valence-corrected chi connectivity index (χ3v) is 1.28. The zero-order valence-corrected chi connectivity index (χ0v) is 5.77. The van der Waals surface area contributed by atoms with Crippen LogP contribution in [0.3, 0.4) is 0 Å². The number of nitrogens with one attached hydrogen (secondary N) is 1. The Morgan fingerprint density at radius 2 is 2.67 bits per heavy atom. The van der Waals surface area contributed by atoms with Crippen LogP contribution in [0, 0.1) is 0 Å². The Kier molecular flexibility index (Phi) is 2.08. The van der Waals surface area contributed by atoms with Gasteiger partial charge in [-0.05, 0) is 0 Å². The van der Waals surface area contributed by atoms with Gasteiger partial charge in [0.15, 0.2) is 5.15 Å². The van der Waals surface area contributed by atoms with Gasteiger partial charge in [-0.1, -0.05) is 11.6 Å². The first-order valence-electron chi connectivity index (χ1n) is 2.51. The van der Waals surface area contributed by atoms with Gasteiger partial charge in [-0.2, -0.15) is 0 Å². The summed E-state index contributed by atoms with van der Waals surface area (Å²) in [7, 11) is 1.61. The monoisotopic (exact) mass is 146 g/mol. The van der Waals surface area contributed by atoms with Crippen molar-refractivity contribution in [3.05, 3.63) is 17.2 Å². The molecule has 4 heteroatoms. The normalized spacial score (nSPS) is 10.0. The molecule has 0 aliphatic heterocycles. The van der Waals surface area contributed by atoms with Crippen molar-refractivity contribution in [2.75, 3.05) is 7.11 Å². The van der Waals surface area contributed by atoms with E-state index in [9.17, 15) is 0 Å². The molecule has 0 aliphatic carbocycles. The van der Waals surface area contributed by atoms with Crippen molar-refractivity contribution in [2.24, 2.45) is 0 Å². The van der Waals surface area contributed by atoms with Crippen LogP contribution in [0.4, 0.5) is 0 Å². The van der Waals surface area contributed by atoms with Crippen LogP contribution in [0.1, 0.15) is 5.69 Å². The van der Waals surface area contributed by atoms with Crippen LogP contribution < -0.4 is 0 Å². The molecule has 1 aromatic rings. The first-order valence-corrected chi connectivity index (χ1v) is 2.89. The van der Waals surface area contributed by atoms with E-state index in [1.54, 1.807) is 7.11 Å². The Hall–Kier alpha value is -0.540. The lowest BCUT2D eigenvalue weighted by atomic mass is 10.5. The Morgan fingerprint density at radius 3 is 3.11 bits per heavy atom. The van der Waals surface area contributed by atoms with Crippen molar-refractivity contribution in [2.45, 2.75) is 6.61 Å². The van der Waals surface area contributed by atoms with Gasteiger partial charge >= 0.3 is 0 Å². The van der Waals surface area contributed by atoms with E-state index in [4.69, 9.17) is 16.3 Å². The number of aromatic amines is 1. The Labute approximate surface area is 58.0 Å². The molecule has 0 spiro atoms. The number of ether oxygens (including phenoxy) is 1. The van der Waals surface area contributed by atoms with Crippen molar-refractivity contribution in [3.8, 4) is 0 Å². The average Bonchev–Trinajstić information content (AvgIpc) is 2.18. The predicted molar refractivity (Wildman–Crippen MR) is 34.3 cm³/mol. The highest BCUT2D eigenvalue weighted by molar-refractivity contribution is 6.30. The summed E-state index contributed by atoms with van der Waals surface area (Å²) in [6, 6.07) is 0. The highest BCUT2D eigenvalue weighted by atomic mass is 35.5. The van der Waals surface area contributed by atoms with Crippen molar-refractivity contribution < 1.29 is 4.74 Å². The average molecular weight is 147 g/mol. The van der Waals surface area contributed by atoms with Gasteiger partial charge in [0.05, 0.1) is 18.6 Å². The summed E-state index contributed by atoms with van der Waals surface area (Å²) >= 11 is 5.60. The number of methoxy groups -OCH3 is 1. The van der Waals surface area contributed by atoms with E-state index in [0.29, 0.717) is 11.8 Å². The molecule has 0 saturated carbocycles. The smallest absolute Gasteiger partial charge is 0.152 e. The van der Waals surface area contributed by atoms with E-state index in [2.05, 4.69) is 9.97 Å². The lowest BCUT2D eigenvalue weighted by Crippen LogP contribution is -1.86. The minimum absolute atomic E-state index is 0.483. The predicted octanol–water partition coefficient (Wildman–Crippen LogP) is 1.21. The maximum absolute atomic E-state index is 5.60. The molecule has 0 saturated heterocycles. The molecule has 1 rings (SSSR count). The molecular formula is C5H7ClN2O. The van der Waals surface area contributed by atoms with Gasteiger partial charge in [-0.3, -0.25) is 0 Å². The van der Waals surface area contributed by atoms with Gasteiger partial charge in [0, 0.05) is 7.11 Å². The van der Waals surface area contributed by atoms with Crippen LogP contribution in [-0.2, 0) is 11.3 Å². The van der Waals surface area contributed by atoms with Crippen molar-refractivity contribution in [3.63, 3.8) is 0 Å². The van der Waals surface area contributed by atoms with Crippen LogP contribution in [-0.4, -0.2) is 17.1 Å². The van der Waals surface area contributed by atoms with Gasteiger partial charge in [-0.25, -0.2) is 4.98 Å². The zero-order chi connectivity index (χ0) is 6.69. The summed E-state index contributed by atoms with van der Waals surface area (Å²) in [4.78, 5) is 6.60. The summed E-state index contributed by atoms with van der Waals surface area (Å²) in [5, 5.41) is 0.483. The number of hydrogen-bond donors (Lipinski definition) is 1. The Morgan fingerprint density at radius 1 is 1.89 bits per heavy atom. The lowest BCUT2D eigenvalue weighted by Gasteiger charge is -1.92. The Bertz CT molecular complexity index is 187. The molecule has 0 aliphatic rings. The van der Waals surface area contributed by atoms with Crippen molar-refractivity contribution in [1.82, 2.24) is 9.97 Å². The fraction of sp³-hybridized carbons (Fsp3) is 0.400. The van der Waals surface area contributed by atoms with Crippen LogP contribution in [0.5, 0.6) is 0 Å². The van der Waals surface area contributed by atoms with Gasteiger partial charge < -0.3 is 9.72 Å². The summed E-state index contributed by atoms with van der Waals surface area (Å²) in [5.41, 5.74) is 0.819. The molecule has 50 valence electrons. The fourth-order valence-electron chi connectivity index (χ4n) is 0.550. The lowest BCUT2D eigenvalue weighted by molar-refractivity contribution is 0.182. The summed E-state index contributed by atoms with van der Waals surface area (Å²) < 4.78 is 4.81. The van der Waals surface area contributed by atoms with Crippen LogP contribution >= 0.6 is 11.6 Å². The number of imidazole rings is 1. The molecule has 9 heavy (non-hydrogen) atoms. The number of rotatable bonds is 2. The molecule has 1 N–H and O–H groups in total. The Balaban J connectivity index is 2.69. The molecule has 3 nitrogen and oxygen atoms in total. The maximum Gasteiger partial charge on any atom is 0.152 e. The van der Waals surface area contributed by atoms with Gasteiger partial charge in [0.2, 0.25) is 0 Å². The summed E-state index contributed by atoms with van der Waals surface area (Å²) in [5.74, 6) is 0. The standard InChI is InChI=1S/C5H7ClN2O/c1-9-2-4-5(6)8-3-7-4/h3H,2H2,1H3,(H,7,8). The summed E-state index contributed by atoms with van der Waals surface area (Å²) in [6.45, 7) is 0.485. The van der Waals surface area contributed by atoms with Crippen LogP contribution in [0.25, 0.3) is 0 Å². The highest BCUT2D eigenvalue weighted by Crippen LogP contribution is 2.09. The molecule has 0 amide bonds. The minimum Gasteiger partial charge on any atom is -0.378 e. The van der Waals surface area contributed by atoms with Gasteiger partial charge in [0.25, 0.3) is 0 Å². The topological polar surface area (TPSA) is 37.9 Å². The second kappa shape index (κ2) is 2.85. The van der Waals surface area contributed by atoms with Crippen molar-refractivity contribution in [1.29, 1.82) is 0 Å². The first-order chi connectivity index (χ1) is 4.34. The fourth-order valence-corrected chi connectivity index (χ4v) is 0.708. The third-order valence-electron chi connectivity index (χ3n) is 0.954. The number of aromatic nitrogens is 2. The maximum atomic E-state index is 5.60. The third kappa shape index (κ3) is 1.43. The van der Waals surface area contributed by atoms with E-state index in [1.165, 1.54) is 6.33 Å². The van der Waals surface area contributed by atoms with Gasteiger partial charge in [-0.15, -0.1) is 0 Å². The summed E-state index contributed by atoms with van der Waals surface area (Å²) in [6.07, 6.45) is 1.54. The van der Waals surface area contributed by atoms with Crippen LogP contribution in [0.15, 0.2) is 6.33 Å².